The van der Waals surface area contributed by atoms with E-state index in [1.165, 1.54) is 18.5 Å². The molecule has 176 valence electrons. The van der Waals surface area contributed by atoms with E-state index in [4.69, 9.17) is 25.8 Å². The predicted octanol–water partition coefficient (Wildman–Crippen LogP) is 5.05. The van der Waals surface area contributed by atoms with Crippen molar-refractivity contribution >= 4 is 34.0 Å². The first-order valence-electron chi connectivity index (χ1n) is 11.1. The van der Waals surface area contributed by atoms with Crippen molar-refractivity contribution in [3.05, 3.63) is 47.5 Å². The highest BCUT2D eigenvalue weighted by Crippen LogP contribution is 2.36. The molecule has 0 amide bonds. The average Bonchev–Trinajstić information content (AvgIpc) is 2.80. The van der Waals surface area contributed by atoms with Crippen LogP contribution in [-0.4, -0.2) is 60.4 Å². The Balaban J connectivity index is 1.55. The molecule has 9 heteroatoms. The van der Waals surface area contributed by atoms with Gasteiger partial charge in [-0.2, -0.15) is 0 Å². The van der Waals surface area contributed by atoms with Crippen molar-refractivity contribution in [3.8, 4) is 11.5 Å². The Hall–Kier alpha value is -2.68. The monoisotopic (exact) mass is 474 g/mol. The van der Waals surface area contributed by atoms with Crippen LogP contribution in [0.4, 0.5) is 15.9 Å². The molecule has 1 fully saturated rings. The van der Waals surface area contributed by atoms with Gasteiger partial charge in [-0.25, -0.2) is 14.4 Å². The van der Waals surface area contributed by atoms with Crippen LogP contribution >= 0.6 is 11.6 Å². The number of hydrogen-bond donors (Lipinski definition) is 1. The molecule has 3 aromatic rings. The molecule has 0 saturated carbocycles. The Morgan fingerprint density at radius 3 is 2.73 bits per heavy atom. The molecular formula is C24H28ClFN4O3. The highest BCUT2D eigenvalue weighted by Gasteiger charge is 2.15. The molecule has 0 radical (unpaired) electrons. The van der Waals surface area contributed by atoms with Gasteiger partial charge in [-0.15, -0.1) is 0 Å². The second kappa shape index (κ2) is 11.0. The van der Waals surface area contributed by atoms with E-state index in [9.17, 15) is 4.39 Å². The summed E-state index contributed by atoms with van der Waals surface area (Å²) in [6.45, 7) is 8.93. The standard InChI is InChI=1S/C24H28ClFN4O3/c1-16(2)33-23-14-21-18(13-22(23)32-9-3-6-30-7-10-31-11-8-30)24(28-15-27-21)29-17-4-5-20(26)19(25)12-17/h4-5,12-16H,3,6-11H2,1-2H3,(H,27,28,29). The number of halogens is 2. The molecule has 4 rings (SSSR count). The minimum atomic E-state index is -0.474. The van der Waals surface area contributed by atoms with E-state index >= 15 is 0 Å². The molecule has 0 atom stereocenters. The first-order chi connectivity index (χ1) is 16.0. The van der Waals surface area contributed by atoms with Gasteiger partial charge in [-0.3, -0.25) is 4.90 Å². The Labute approximate surface area is 197 Å². The zero-order chi connectivity index (χ0) is 23.2. The fraction of sp³-hybridized carbons (Fsp3) is 0.417. The van der Waals surface area contributed by atoms with Gasteiger partial charge in [0.2, 0.25) is 0 Å². The largest absolute Gasteiger partial charge is 0.490 e. The number of anilines is 2. The van der Waals surface area contributed by atoms with Crippen molar-refractivity contribution in [1.82, 2.24) is 14.9 Å². The summed E-state index contributed by atoms with van der Waals surface area (Å²) >= 11 is 5.93. The smallest absolute Gasteiger partial charge is 0.163 e. The van der Waals surface area contributed by atoms with E-state index in [1.54, 1.807) is 6.07 Å². The van der Waals surface area contributed by atoms with Crippen LogP contribution in [0, 0.1) is 5.82 Å². The summed E-state index contributed by atoms with van der Waals surface area (Å²) in [6.07, 6.45) is 2.35. The molecule has 0 unspecified atom stereocenters. The first kappa shape index (κ1) is 23.5. The number of fused-ring (bicyclic) bond motifs is 1. The van der Waals surface area contributed by atoms with E-state index in [0.717, 1.165) is 44.7 Å². The van der Waals surface area contributed by atoms with Gasteiger partial charge in [0.05, 0.1) is 36.5 Å². The highest BCUT2D eigenvalue weighted by atomic mass is 35.5. The van der Waals surface area contributed by atoms with E-state index < -0.39 is 5.82 Å². The second-order valence-electron chi connectivity index (χ2n) is 8.11. The summed E-state index contributed by atoms with van der Waals surface area (Å²) in [7, 11) is 0. The molecule has 33 heavy (non-hydrogen) atoms. The lowest BCUT2D eigenvalue weighted by atomic mass is 10.2. The van der Waals surface area contributed by atoms with Gasteiger partial charge in [0.25, 0.3) is 0 Å². The van der Waals surface area contributed by atoms with Crippen molar-refractivity contribution in [1.29, 1.82) is 0 Å². The van der Waals surface area contributed by atoms with Gasteiger partial charge in [0.1, 0.15) is 18.0 Å². The quantitative estimate of drug-likeness (QED) is 0.435. The minimum Gasteiger partial charge on any atom is -0.490 e. The molecular weight excluding hydrogens is 447 g/mol. The summed E-state index contributed by atoms with van der Waals surface area (Å²) in [4.78, 5) is 11.1. The number of rotatable bonds is 9. The Morgan fingerprint density at radius 1 is 1.15 bits per heavy atom. The predicted molar refractivity (Wildman–Crippen MR) is 127 cm³/mol. The zero-order valence-electron chi connectivity index (χ0n) is 18.8. The summed E-state index contributed by atoms with van der Waals surface area (Å²) < 4.78 is 31.1. The highest BCUT2D eigenvalue weighted by molar-refractivity contribution is 6.31. The first-order valence-corrected chi connectivity index (χ1v) is 11.5. The van der Waals surface area contributed by atoms with Crippen LogP contribution in [0.1, 0.15) is 20.3 Å². The van der Waals surface area contributed by atoms with Crippen molar-refractivity contribution in [2.24, 2.45) is 0 Å². The molecule has 2 aromatic carbocycles. The normalized spacial score (nSPS) is 14.6. The van der Waals surface area contributed by atoms with Crippen LogP contribution in [0.25, 0.3) is 10.9 Å². The van der Waals surface area contributed by atoms with Gasteiger partial charge in [0.15, 0.2) is 11.5 Å². The number of nitrogens with one attached hydrogen (secondary N) is 1. The summed E-state index contributed by atoms with van der Waals surface area (Å²) in [5.74, 6) is 1.36. The third kappa shape index (κ3) is 6.22. The topological polar surface area (TPSA) is 68.7 Å². The minimum absolute atomic E-state index is 0.0149. The van der Waals surface area contributed by atoms with Gasteiger partial charge in [-0.1, -0.05) is 11.6 Å². The molecule has 1 aliphatic heterocycles. The van der Waals surface area contributed by atoms with Crippen LogP contribution < -0.4 is 14.8 Å². The SMILES string of the molecule is CC(C)Oc1cc2ncnc(Nc3ccc(F)c(Cl)c3)c2cc1OCCCN1CCOCC1. The van der Waals surface area contributed by atoms with Gasteiger partial charge >= 0.3 is 0 Å². The van der Waals surface area contributed by atoms with Crippen molar-refractivity contribution < 1.29 is 18.6 Å². The number of aromatic nitrogens is 2. The lowest BCUT2D eigenvalue weighted by Gasteiger charge is -2.26. The molecule has 0 spiro atoms. The molecule has 0 bridgehead atoms. The number of ether oxygens (including phenoxy) is 3. The summed E-state index contributed by atoms with van der Waals surface area (Å²) in [5, 5.41) is 3.99. The molecule has 1 N–H and O–H groups in total. The van der Waals surface area contributed by atoms with Crippen LogP contribution in [0.5, 0.6) is 11.5 Å². The van der Waals surface area contributed by atoms with Gasteiger partial charge in [-0.05, 0) is 44.5 Å². The fourth-order valence-corrected chi connectivity index (χ4v) is 3.81. The van der Waals surface area contributed by atoms with Crippen LogP contribution in [-0.2, 0) is 4.74 Å². The Kier molecular flexibility index (Phi) is 7.80. The molecule has 2 heterocycles. The lowest BCUT2D eigenvalue weighted by Crippen LogP contribution is -2.37. The molecule has 0 aliphatic carbocycles. The Bertz CT molecular complexity index is 1090. The van der Waals surface area contributed by atoms with Crippen molar-refractivity contribution in [2.75, 3.05) is 44.8 Å². The maximum atomic E-state index is 13.5. The van der Waals surface area contributed by atoms with E-state index in [2.05, 4.69) is 20.2 Å². The average molecular weight is 475 g/mol. The number of hydrogen-bond acceptors (Lipinski definition) is 7. The van der Waals surface area contributed by atoms with Crippen molar-refractivity contribution in [2.45, 2.75) is 26.4 Å². The zero-order valence-corrected chi connectivity index (χ0v) is 19.6. The third-order valence-electron chi connectivity index (χ3n) is 5.23. The summed E-state index contributed by atoms with van der Waals surface area (Å²) in [5.41, 5.74) is 1.33. The number of morpholine rings is 1. The van der Waals surface area contributed by atoms with Gasteiger partial charge < -0.3 is 19.5 Å². The number of benzene rings is 2. The fourth-order valence-electron chi connectivity index (χ4n) is 3.63. The van der Waals surface area contributed by atoms with E-state index in [-0.39, 0.29) is 11.1 Å². The van der Waals surface area contributed by atoms with E-state index in [0.29, 0.717) is 35.1 Å². The van der Waals surface area contributed by atoms with Crippen molar-refractivity contribution in [3.63, 3.8) is 0 Å². The molecule has 1 aromatic heterocycles. The van der Waals surface area contributed by atoms with Crippen LogP contribution in [0.3, 0.4) is 0 Å². The van der Waals surface area contributed by atoms with Gasteiger partial charge in [0, 0.05) is 36.8 Å². The van der Waals surface area contributed by atoms with E-state index in [1.807, 2.05) is 26.0 Å². The van der Waals surface area contributed by atoms with Crippen LogP contribution in [0.2, 0.25) is 5.02 Å². The lowest BCUT2D eigenvalue weighted by molar-refractivity contribution is 0.0357. The molecule has 1 aliphatic rings. The Morgan fingerprint density at radius 2 is 1.97 bits per heavy atom. The molecule has 1 saturated heterocycles. The third-order valence-corrected chi connectivity index (χ3v) is 5.52. The van der Waals surface area contributed by atoms with Crippen LogP contribution in [0.15, 0.2) is 36.7 Å². The molecule has 7 nitrogen and oxygen atoms in total. The maximum Gasteiger partial charge on any atom is 0.163 e. The second-order valence-corrected chi connectivity index (χ2v) is 8.52. The number of nitrogens with zero attached hydrogens (tertiary/aromatic N) is 3. The summed E-state index contributed by atoms with van der Waals surface area (Å²) in [6, 6.07) is 8.18. The maximum absolute atomic E-state index is 13.5.